The van der Waals surface area contributed by atoms with Crippen molar-refractivity contribution < 1.29 is 9.59 Å². The summed E-state index contributed by atoms with van der Waals surface area (Å²) in [4.78, 5) is 25.3. The summed E-state index contributed by atoms with van der Waals surface area (Å²) < 4.78 is 0. The van der Waals surface area contributed by atoms with Gasteiger partial charge in [-0.1, -0.05) is 20.8 Å². The van der Waals surface area contributed by atoms with E-state index in [4.69, 9.17) is 5.73 Å². The Morgan fingerprint density at radius 1 is 1.41 bits per heavy atom. The standard InChI is InChI=1S/C12H23N3O2/c1-12(2,3)11(17)14-8-10(16)15-6-4-5-9(15)7-13/h9H,4-8,13H2,1-3H3,(H,14,17). The number of hydrogen-bond acceptors (Lipinski definition) is 3. The summed E-state index contributed by atoms with van der Waals surface area (Å²) in [7, 11) is 0. The molecule has 0 aliphatic carbocycles. The minimum atomic E-state index is -0.460. The lowest BCUT2D eigenvalue weighted by Crippen LogP contribution is -2.46. The van der Waals surface area contributed by atoms with E-state index in [1.54, 1.807) is 4.90 Å². The Bertz CT molecular complexity index is 297. The minimum Gasteiger partial charge on any atom is -0.347 e. The van der Waals surface area contributed by atoms with Crippen LogP contribution < -0.4 is 11.1 Å². The summed E-state index contributed by atoms with van der Waals surface area (Å²) in [5.74, 6) is -0.134. The zero-order chi connectivity index (χ0) is 13.1. The van der Waals surface area contributed by atoms with Crippen LogP contribution in [0.1, 0.15) is 33.6 Å². The van der Waals surface area contributed by atoms with E-state index in [2.05, 4.69) is 5.32 Å². The monoisotopic (exact) mass is 241 g/mol. The molecule has 3 N–H and O–H groups in total. The van der Waals surface area contributed by atoms with Crippen LogP contribution in [-0.4, -0.2) is 42.4 Å². The molecule has 17 heavy (non-hydrogen) atoms. The first-order valence-electron chi connectivity index (χ1n) is 6.14. The number of hydrogen-bond donors (Lipinski definition) is 2. The summed E-state index contributed by atoms with van der Waals surface area (Å²) in [6.45, 7) is 6.81. The highest BCUT2D eigenvalue weighted by atomic mass is 16.2. The van der Waals surface area contributed by atoms with Gasteiger partial charge in [0, 0.05) is 24.5 Å². The molecule has 0 spiro atoms. The Morgan fingerprint density at radius 3 is 2.59 bits per heavy atom. The Kier molecular flexibility index (Phi) is 4.51. The fourth-order valence-electron chi connectivity index (χ4n) is 1.93. The predicted octanol–water partition coefficient (Wildman–Crippen LogP) is 0.0984. The molecule has 1 atom stereocenters. The van der Waals surface area contributed by atoms with Crippen molar-refractivity contribution >= 4 is 11.8 Å². The van der Waals surface area contributed by atoms with Gasteiger partial charge in [0.2, 0.25) is 11.8 Å². The molecule has 0 saturated carbocycles. The SMILES string of the molecule is CC(C)(C)C(=O)NCC(=O)N1CCCC1CN. The van der Waals surface area contributed by atoms with Gasteiger partial charge in [-0.25, -0.2) is 0 Å². The van der Waals surface area contributed by atoms with Gasteiger partial charge in [0.1, 0.15) is 0 Å². The lowest BCUT2D eigenvalue weighted by Gasteiger charge is -2.24. The maximum Gasteiger partial charge on any atom is 0.242 e. The number of nitrogens with two attached hydrogens (primary N) is 1. The molecular formula is C12H23N3O2. The second-order valence-corrected chi connectivity index (χ2v) is 5.55. The highest BCUT2D eigenvalue weighted by Gasteiger charge is 2.28. The number of carbonyl (C=O) groups is 2. The molecule has 1 unspecified atom stereocenters. The summed E-state index contributed by atoms with van der Waals surface area (Å²) in [5.41, 5.74) is 5.15. The van der Waals surface area contributed by atoms with E-state index in [1.807, 2.05) is 20.8 Å². The summed E-state index contributed by atoms with van der Waals surface area (Å²) in [5, 5.41) is 2.67. The molecule has 0 bridgehead atoms. The van der Waals surface area contributed by atoms with Crippen LogP contribution in [0.3, 0.4) is 0 Å². The average molecular weight is 241 g/mol. The summed E-state index contributed by atoms with van der Waals surface area (Å²) in [6.07, 6.45) is 1.97. The number of nitrogens with zero attached hydrogens (tertiary/aromatic N) is 1. The third kappa shape index (κ3) is 3.70. The number of nitrogens with one attached hydrogen (secondary N) is 1. The summed E-state index contributed by atoms with van der Waals surface area (Å²) >= 11 is 0. The van der Waals surface area contributed by atoms with Crippen molar-refractivity contribution in [2.24, 2.45) is 11.1 Å². The zero-order valence-electron chi connectivity index (χ0n) is 11.0. The summed E-state index contributed by atoms with van der Waals surface area (Å²) in [6, 6.07) is 0.147. The molecule has 0 aromatic rings. The van der Waals surface area contributed by atoms with Crippen LogP contribution in [0.15, 0.2) is 0 Å². The first kappa shape index (κ1) is 14.0. The number of carbonyl (C=O) groups excluding carboxylic acids is 2. The Labute approximate surface area is 103 Å². The molecule has 0 aromatic carbocycles. The molecule has 1 aliphatic rings. The molecule has 1 rings (SSSR count). The first-order chi connectivity index (χ1) is 7.86. The maximum absolute atomic E-state index is 11.9. The van der Waals surface area contributed by atoms with Crippen LogP contribution >= 0.6 is 0 Å². The third-order valence-electron chi connectivity index (χ3n) is 3.05. The molecule has 0 radical (unpaired) electrons. The van der Waals surface area contributed by atoms with Gasteiger partial charge in [-0.3, -0.25) is 9.59 Å². The van der Waals surface area contributed by atoms with E-state index >= 15 is 0 Å². The minimum absolute atomic E-state index is 0.0319. The second kappa shape index (κ2) is 5.49. The third-order valence-corrected chi connectivity index (χ3v) is 3.05. The van der Waals surface area contributed by atoms with Gasteiger partial charge in [-0.05, 0) is 12.8 Å². The Balaban J connectivity index is 2.42. The van der Waals surface area contributed by atoms with E-state index in [9.17, 15) is 9.59 Å². The van der Waals surface area contributed by atoms with Crippen molar-refractivity contribution in [1.29, 1.82) is 0 Å². The second-order valence-electron chi connectivity index (χ2n) is 5.55. The van der Waals surface area contributed by atoms with Crippen LogP contribution in [0.5, 0.6) is 0 Å². The largest absolute Gasteiger partial charge is 0.347 e. The smallest absolute Gasteiger partial charge is 0.242 e. The molecule has 5 nitrogen and oxygen atoms in total. The lowest BCUT2D eigenvalue weighted by molar-refractivity contribution is -0.135. The maximum atomic E-state index is 11.9. The lowest BCUT2D eigenvalue weighted by atomic mass is 9.96. The van der Waals surface area contributed by atoms with Crippen LogP contribution in [0.25, 0.3) is 0 Å². The van der Waals surface area contributed by atoms with Gasteiger partial charge < -0.3 is 16.0 Å². The zero-order valence-corrected chi connectivity index (χ0v) is 11.0. The normalized spacial score (nSPS) is 20.5. The fraction of sp³-hybridized carbons (Fsp3) is 0.833. The van der Waals surface area contributed by atoms with Crippen molar-refractivity contribution in [3.8, 4) is 0 Å². The van der Waals surface area contributed by atoms with E-state index < -0.39 is 5.41 Å². The molecule has 1 heterocycles. The van der Waals surface area contributed by atoms with Gasteiger partial charge in [0.25, 0.3) is 0 Å². The number of likely N-dealkylation sites (tertiary alicyclic amines) is 1. The van der Waals surface area contributed by atoms with E-state index in [1.165, 1.54) is 0 Å². The molecule has 5 heteroatoms. The van der Waals surface area contributed by atoms with E-state index in [0.717, 1.165) is 19.4 Å². The number of amides is 2. The molecule has 1 saturated heterocycles. The quantitative estimate of drug-likeness (QED) is 0.735. The van der Waals surface area contributed by atoms with Crippen molar-refractivity contribution in [2.75, 3.05) is 19.6 Å². The van der Waals surface area contributed by atoms with Gasteiger partial charge in [0.05, 0.1) is 6.54 Å². The topological polar surface area (TPSA) is 75.4 Å². The molecule has 2 amide bonds. The molecule has 0 aromatic heterocycles. The van der Waals surface area contributed by atoms with Crippen LogP contribution in [0.2, 0.25) is 0 Å². The van der Waals surface area contributed by atoms with E-state index in [0.29, 0.717) is 6.54 Å². The number of rotatable bonds is 3. The Hall–Kier alpha value is -1.10. The van der Waals surface area contributed by atoms with Crippen molar-refractivity contribution in [1.82, 2.24) is 10.2 Å². The Morgan fingerprint density at radius 2 is 2.06 bits per heavy atom. The van der Waals surface area contributed by atoms with Crippen LogP contribution in [-0.2, 0) is 9.59 Å². The highest BCUT2D eigenvalue weighted by molar-refractivity contribution is 5.87. The molecular weight excluding hydrogens is 218 g/mol. The van der Waals surface area contributed by atoms with Gasteiger partial charge in [0.15, 0.2) is 0 Å². The molecule has 1 aliphatic heterocycles. The molecule has 98 valence electrons. The van der Waals surface area contributed by atoms with Crippen LogP contribution in [0, 0.1) is 5.41 Å². The highest BCUT2D eigenvalue weighted by Crippen LogP contribution is 2.16. The predicted molar refractivity (Wildman–Crippen MR) is 66.3 cm³/mol. The van der Waals surface area contributed by atoms with Crippen molar-refractivity contribution in [3.05, 3.63) is 0 Å². The van der Waals surface area contributed by atoms with Gasteiger partial charge in [-0.2, -0.15) is 0 Å². The van der Waals surface area contributed by atoms with Crippen LogP contribution in [0.4, 0.5) is 0 Å². The van der Waals surface area contributed by atoms with E-state index in [-0.39, 0.29) is 24.4 Å². The van der Waals surface area contributed by atoms with Gasteiger partial charge >= 0.3 is 0 Å². The first-order valence-corrected chi connectivity index (χ1v) is 6.14. The van der Waals surface area contributed by atoms with Gasteiger partial charge in [-0.15, -0.1) is 0 Å². The van der Waals surface area contributed by atoms with Crippen molar-refractivity contribution in [2.45, 2.75) is 39.7 Å². The molecule has 1 fully saturated rings. The average Bonchev–Trinajstić information content (AvgIpc) is 2.71. The fourth-order valence-corrected chi connectivity index (χ4v) is 1.93. The van der Waals surface area contributed by atoms with Crippen molar-refractivity contribution in [3.63, 3.8) is 0 Å².